The van der Waals surface area contributed by atoms with Gasteiger partial charge in [0.05, 0.1) is 11.9 Å². The number of hydrogen-bond donors (Lipinski definition) is 2. The maximum absolute atomic E-state index is 11.9. The summed E-state index contributed by atoms with van der Waals surface area (Å²) < 4.78 is 27.6. The van der Waals surface area contributed by atoms with Crippen molar-refractivity contribution in [3.05, 3.63) is 36.7 Å². The number of rotatable bonds is 3. The Bertz CT molecular complexity index is 634. The lowest BCUT2D eigenvalue weighted by Gasteiger charge is -2.06. The van der Waals surface area contributed by atoms with Crippen LogP contribution in [0.15, 0.2) is 41.6 Å². The van der Waals surface area contributed by atoms with E-state index in [9.17, 15) is 13.5 Å². The summed E-state index contributed by atoms with van der Waals surface area (Å²) in [5, 5.41) is 13.3. The molecule has 0 aliphatic rings. The summed E-state index contributed by atoms with van der Waals surface area (Å²) >= 11 is 0. The van der Waals surface area contributed by atoms with Gasteiger partial charge in [0.1, 0.15) is 10.6 Å². The number of anilines is 1. The lowest BCUT2D eigenvalue weighted by molar-refractivity contribution is 0.459. The first-order valence-corrected chi connectivity index (χ1v) is 6.27. The molecule has 0 aliphatic heterocycles. The van der Waals surface area contributed by atoms with Gasteiger partial charge in [0.15, 0.2) is 0 Å². The van der Waals surface area contributed by atoms with Gasteiger partial charge in [0.2, 0.25) is 0 Å². The van der Waals surface area contributed by atoms with E-state index in [1.54, 1.807) is 13.1 Å². The number of nitrogens with zero attached hydrogens (tertiary/aromatic N) is 2. The summed E-state index contributed by atoms with van der Waals surface area (Å²) in [6.45, 7) is 0. The summed E-state index contributed by atoms with van der Waals surface area (Å²) in [4.78, 5) is -0.163. The van der Waals surface area contributed by atoms with Gasteiger partial charge in [-0.2, -0.15) is 5.10 Å². The van der Waals surface area contributed by atoms with E-state index >= 15 is 0 Å². The van der Waals surface area contributed by atoms with E-state index in [0.29, 0.717) is 5.69 Å². The van der Waals surface area contributed by atoms with Crippen LogP contribution in [0.4, 0.5) is 5.69 Å². The number of phenols is 1. The van der Waals surface area contributed by atoms with Gasteiger partial charge in [0, 0.05) is 13.2 Å². The molecule has 7 heteroatoms. The van der Waals surface area contributed by atoms with Crippen LogP contribution in [0.5, 0.6) is 5.75 Å². The Morgan fingerprint density at radius 2 is 2.06 bits per heavy atom. The quantitative estimate of drug-likeness (QED) is 0.852. The minimum atomic E-state index is -3.78. The first kappa shape index (κ1) is 11.5. The molecule has 0 radical (unpaired) electrons. The van der Waals surface area contributed by atoms with Crippen LogP contribution in [0.1, 0.15) is 0 Å². The van der Waals surface area contributed by atoms with Gasteiger partial charge in [-0.1, -0.05) is 12.1 Å². The molecule has 2 rings (SSSR count). The number of aryl methyl sites for hydroxylation is 1. The Kier molecular flexibility index (Phi) is 2.76. The van der Waals surface area contributed by atoms with E-state index in [2.05, 4.69) is 9.82 Å². The van der Waals surface area contributed by atoms with E-state index in [0.717, 1.165) is 0 Å². The van der Waals surface area contributed by atoms with Gasteiger partial charge in [-0.15, -0.1) is 0 Å². The zero-order valence-electron chi connectivity index (χ0n) is 9.03. The van der Waals surface area contributed by atoms with Crippen molar-refractivity contribution in [2.45, 2.75) is 4.90 Å². The molecule has 0 saturated carbocycles. The highest BCUT2D eigenvalue weighted by Gasteiger charge is 2.18. The van der Waals surface area contributed by atoms with Crippen molar-refractivity contribution in [3.63, 3.8) is 0 Å². The highest BCUT2D eigenvalue weighted by molar-refractivity contribution is 7.92. The van der Waals surface area contributed by atoms with Crippen LogP contribution in [-0.2, 0) is 17.1 Å². The zero-order valence-corrected chi connectivity index (χ0v) is 9.85. The van der Waals surface area contributed by atoms with Crippen molar-refractivity contribution in [1.82, 2.24) is 9.78 Å². The lowest BCUT2D eigenvalue weighted by atomic mass is 10.3. The Morgan fingerprint density at radius 1 is 1.35 bits per heavy atom. The maximum atomic E-state index is 11.9. The number of aromatic hydroxyl groups is 1. The van der Waals surface area contributed by atoms with Crippen LogP contribution in [0, 0.1) is 0 Å². The molecule has 0 aliphatic carbocycles. The SMILES string of the molecule is Cn1cc(NS(=O)(=O)c2ccccc2O)cn1. The van der Waals surface area contributed by atoms with Crippen LogP contribution in [0.25, 0.3) is 0 Å². The van der Waals surface area contributed by atoms with Gasteiger partial charge >= 0.3 is 0 Å². The van der Waals surface area contributed by atoms with Crippen LogP contribution >= 0.6 is 0 Å². The second kappa shape index (κ2) is 4.10. The average Bonchev–Trinajstić information content (AvgIpc) is 2.63. The highest BCUT2D eigenvalue weighted by Crippen LogP contribution is 2.23. The number of aromatic nitrogens is 2. The van der Waals surface area contributed by atoms with E-state index in [1.807, 2.05) is 0 Å². The molecule has 0 atom stereocenters. The molecule has 0 amide bonds. The Labute approximate surface area is 98.6 Å². The number of hydrogen-bond acceptors (Lipinski definition) is 4. The highest BCUT2D eigenvalue weighted by atomic mass is 32.2. The number of phenolic OH excluding ortho intramolecular Hbond substituents is 1. The molecule has 6 nitrogen and oxygen atoms in total. The minimum Gasteiger partial charge on any atom is -0.507 e. The molecular weight excluding hydrogens is 242 g/mol. The third kappa shape index (κ3) is 2.39. The summed E-state index contributed by atoms with van der Waals surface area (Å²) in [6, 6.07) is 5.74. The maximum Gasteiger partial charge on any atom is 0.265 e. The van der Waals surface area contributed by atoms with Crippen molar-refractivity contribution in [2.24, 2.45) is 7.05 Å². The normalized spacial score (nSPS) is 11.4. The standard InChI is InChI=1S/C10H11N3O3S/c1-13-7-8(6-11-13)12-17(15,16)10-5-3-2-4-9(10)14/h2-7,12,14H,1H3. The molecular formula is C10H11N3O3S. The van der Waals surface area contributed by atoms with E-state index in [1.165, 1.54) is 35.3 Å². The molecule has 2 N–H and O–H groups in total. The van der Waals surface area contributed by atoms with Gasteiger partial charge in [-0.05, 0) is 12.1 Å². The molecule has 0 bridgehead atoms. The molecule has 1 aromatic heterocycles. The number of nitrogens with one attached hydrogen (secondary N) is 1. The smallest absolute Gasteiger partial charge is 0.265 e. The lowest BCUT2D eigenvalue weighted by Crippen LogP contribution is -2.12. The fourth-order valence-corrected chi connectivity index (χ4v) is 2.50. The Morgan fingerprint density at radius 3 is 2.65 bits per heavy atom. The molecule has 2 aromatic rings. The largest absolute Gasteiger partial charge is 0.507 e. The summed E-state index contributed by atoms with van der Waals surface area (Å²) in [6.07, 6.45) is 2.91. The molecule has 1 aromatic carbocycles. The van der Waals surface area contributed by atoms with E-state index in [4.69, 9.17) is 0 Å². The predicted octanol–water partition coefficient (Wildman–Crippen LogP) is 0.926. The van der Waals surface area contributed by atoms with Crippen molar-refractivity contribution in [1.29, 1.82) is 0 Å². The first-order valence-electron chi connectivity index (χ1n) is 4.78. The monoisotopic (exact) mass is 253 g/mol. The van der Waals surface area contributed by atoms with Crippen LogP contribution < -0.4 is 4.72 Å². The molecule has 90 valence electrons. The van der Waals surface area contributed by atoms with Crippen LogP contribution in [0.2, 0.25) is 0 Å². The van der Waals surface area contributed by atoms with Gasteiger partial charge in [-0.25, -0.2) is 8.42 Å². The number of benzene rings is 1. The molecule has 0 spiro atoms. The molecule has 1 heterocycles. The predicted molar refractivity (Wildman–Crippen MR) is 62.1 cm³/mol. The van der Waals surface area contributed by atoms with Gasteiger partial charge in [-0.3, -0.25) is 9.40 Å². The minimum absolute atomic E-state index is 0.163. The molecule has 0 fully saturated rings. The van der Waals surface area contributed by atoms with E-state index < -0.39 is 10.0 Å². The van der Waals surface area contributed by atoms with Gasteiger partial charge in [0.25, 0.3) is 10.0 Å². The Hall–Kier alpha value is -2.02. The van der Waals surface area contributed by atoms with Gasteiger partial charge < -0.3 is 5.11 Å². The van der Waals surface area contributed by atoms with Crippen LogP contribution in [-0.4, -0.2) is 23.3 Å². The van der Waals surface area contributed by atoms with Crippen molar-refractivity contribution in [2.75, 3.05) is 4.72 Å². The van der Waals surface area contributed by atoms with E-state index in [-0.39, 0.29) is 10.6 Å². The third-order valence-electron chi connectivity index (χ3n) is 2.11. The van der Waals surface area contributed by atoms with Crippen LogP contribution in [0.3, 0.4) is 0 Å². The van der Waals surface area contributed by atoms with Crippen molar-refractivity contribution in [3.8, 4) is 5.75 Å². The third-order valence-corrected chi connectivity index (χ3v) is 3.54. The molecule has 0 unspecified atom stereocenters. The zero-order chi connectivity index (χ0) is 12.5. The molecule has 0 saturated heterocycles. The molecule has 17 heavy (non-hydrogen) atoms. The second-order valence-corrected chi connectivity index (χ2v) is 5.13. The summed E-state index contributed by atoms with van der Waals surface area (Å²) in [5.41, 5.74) is 0.343. The fraction of sp³-hybridized carbons (Fsp3) is 0.100. The Balaban J connectivity index is 2.35. The van der Waals surface area contributed by atoms with Crippen molar-refractivity contribution >= 4 is 15.7 Å². The summed E-state index contributed by atoms with van der Waals surface area (Å²) in [5.74, 6) is -0.288. The number of sulfonamides is 1. The first-order chi connectivity index (χ1) is 7.99. The van der Waals surface area contributed by atoms with Crippen molar-refractivity contribution < 1.29 is 13.5 Å². The fourth-order valence-electron chi connectivity index (χ4n) is 1.37. The second-order valence-electron chi connectivity index (χ2n) is 3.48. The number of para-hydroxylation sites is 1. The topological polar surface area (TPSA) is 84.2 Å². The summed E-state index contributed by atoms with van der Waals surface area (Å²) in [7, 11) is -2.11. The average molecular weight is 253 g/mol.